The summed E-state index contributed by atoms with van der Waals surface area (Å²) in [6.07, 6.45) is 3.29. The van der Waals surface area contributed by atoms with Crippen LogP contribution in [0.25, 0.3) is 0 Å². The SMILES string of the molecule is CCc1ccc(C(=O)C(C)Sc2nnc(N3CCOCC3)n2C2CC2)cc1. The van der Waals surface area contributed by atoms with Crippen LogP contribution < -0.4 is 4.90 Å². The largest absolute Gasteiger partial charge is 0.378 e. The van der Waals surface area contributed by atoms with Crippen LogP contribution in [0.3, 0.4) is 0 Å². The molecule has 1 aromatic heterocycles. The lowest BCUT2D eigenvalue weighted by Gasteiger charge is -2.28. The molecule has 6 nitrogen and oxygen atoms in total. The van der Waals surface area contributed by atoms with Gasteiger partial charge in [-0.05, 0) is 31.7 Å². The number of hydrogen-bond acceptors (Lipinski definition) is 6. The number of ketones is 1. The van der Waals surface area contributed by atoms with Gasteiger partial charge in [-0.15, -0.1) is 10.2 Å². The van der Waals surface area contributed by atoms with Crippen LogP contribution in [-0.4, -0.2) is 52.1 Å². The first-order valence-corrected chi connectivity index (χ1v) is 10.6. The Labute approximate surface area is 164 Å². The van der Waals surface area contributed by atoms with Gasteiger partial charge in [-0.25, -0.2) is 0 Å². The van der Waals surface area contributed by atoms with E-state index in [1.807, 2.05) is 31.2 Å². The lowest BCUT2D eigenvalue weighted by molar-refractivity contribution is 0.0994. The molecule has 4 rings (SSSR count). The average Bonchev–Trinajstić information content (AvgIpc) is 3.48. The number of nitrogens with zero attached hydrogens (tertiary/aromatic N) is 4. The van der Waals surface area contributed by atoms with E-state index in [-0.39, 0.29) is 11.0 Å². The Morgan fingerprint density at radius 2 is 1.93 bits per heavy atom. The summed E-state index contributed by atoms with van der Waals surface area (Å²) in [7, 11) is 0. The number of benzene rings is 1. The summed E-state index contributed by atoms with van der Waals surface area (Å²) in [5.74, 6) is 1.07. The van der Waals surface area contributed by atoms with Gasteiger partial charge in [0.05, 0.1) is 18.5 Å². The minimum Gasteiger partial charge on any atom is -0.378 e. The van der Waals surface area contributed by atoms with E-state index in [1.165, 1.54) is 17.3 Å². The molecule has 1 saturated heterocycles. The molecular weight excluding hydrogens is 360 g/mol. The highest BCUT2D eigenvalue weighted by Gasteiger charge is 2.33. The molecule has 2 heterocycles. The summed E-state index contributed by atoms with van der Waals surface area (Å²) in [6, 6.07) is 8.40. The van der Waals surface area contributed by atoms with Crippen molar-refractivity contribution < 1.29 is 9.53 Å². The number of carbonyl (C=O) groups excluding carboxylic acids is 1. The fraction of sp³-hybridized carbons (Fsp3) is 0.550. The van der Waals surface area contributed by atoms with Crippen LogP contribution in [0.15, 0.2) is 29.4 Å². The standard InChI is InChI=1S/C20H26N4O2S/c1-3-15-4-6-16(7-5-15)18(25)14(2)27-20-22-21-19(24(20)17-8-9-17)23-10-12-26-13-11-23/h4-7,14,17H,3,8-13H2,1-2H3. The van der Waals surface area contributed by atoms with Crippen LogP contribution in [0.1, 0.15) is 48.7 Å². The van der Waals surface area contributed by atoms with Gasteiger partial charge < -0.3 is 9.64 Å². The van der Waals surface area contributed by atoms with Gasteiger partial charge in [0.1, 0.15) is 0 Å². The predicted octanol–water partition coefficient (Wildman–Crippen LogP) is 3.38. The van der Waals surface area contributed by atoms with Gasteiger partial charge in [0.25, 0.3) is 0 Å². The van der Waals surface area contributed by atoms with Crippen molar-refractivity contribution in [3.63, 3.8) is 0 Å². The highest BCUT2D eigenvalue weighted by molar-refractivity contribution is 8.00. The van der Waals surface area contributed by atoms with Gasteiger partial charge in [-0.2, -0.15) is 0 Å². The van der Waals surface area contributed by atoms with Crippen molar-refractivity contribution in [2.45, 2.75) is 49.6 Å². The van der Waals surface area contributed by atoms with Crippen molar-refractivity contribution >= 4 is 23.5 Å². The zero-order valence-electron chi connectivity index (χ0n) is 15.9. The van der Waals surface area contributed by atoms with E-state index < -0.39 is 0 Å². The number of hydrogen-bond donors (Lipinski definition) is 0. The first kappa shape index (κ1) is 18.5. The van der Waals surface area contributed by atoms with Gasteiger partial charge in [-0.1, -0.05) is 43.0 Å². The van der Waals surface area contributed by atoms with E-state index in [2.05, 4.69) is 26.6 Å². The van der Waals surface area contributed by atoms with E-state index in [0.717, 1.165) is 62.2 Å². The fourth-order valence-electron chi connectivity index (χ4n) is 3.33. The summed E-state index contributed by atoms with van der Waals surface area (Å²) >= 11 is 1.52. The number of anilines is 1. The molecule has 1 aliphatic heterocycles. The monoisotopic (exact) mass is 386 g/mol. The van der Waals surface area contributed by atoms with Crippen molar-refractivity contribution in [2.75, 3.05) is 31.2 Å². The molecule has 1 aliphatic carbocycles. The number of aromatic nitrogens is 3. The minimum atomic E-state index is -0.197. The van der Waals surface area contributed by atoms with Crippen LogP contribution in [0, 0.1) is 0 Å². The Morgan fingerprint density at radius 1 is 1.22 bits per heavy atom. The predicted molar refractivity (Wildman–Crippen MR) is 107 cm³/mol. The average molecular weight is 387 g/mol. The maximum Gasteiger partial charge on any atom is 0.228 e. The Hall–Kier alpha value is -1.86. The number of ether oxygens (including phenoxy) is 1. The molecule has 2 fully saturated rings. The van der Waals surface area contributed by atoms with Crippen molar-refractivity contribution in [3.8, 4) is 0 Å². The van der Waals surface area contributed by atoms with E-state index >= 15 is 0 Å². The second-order valence-electron chi connectivity index (χ2n) is 7.16. The summed E-state index contributed by atoms with van der Waals surface area (Å²) in [5, 5.41) is 9.55. The number of thioether (sulfide) groups is 1. The third kappa shape index (κ3) is 4.04. The molecule has 27 heavy (non-hydrogen) atoms. The maximum atomic E-state index is 12.8. The second kappa shape index (κ2) is 8.02. The number of Topliss-reactive ketones (excluding diaryl/α,β-unsaturated/α-hetero) is 1. The zero-order valence-corrected chi connectivity index (χ0v) is 16.7. The summed E-state index contributed by atoms with van der Waals surface area (Å²) in [4.78, 5) is 15.1. The third-order valence-corrected chi connectivity index (χ3v) is 6.21. The van der Waals surface area contributed by atoms with Crippen LogP contribution in [0.5, 0.6) is 0 Å². The fourth-order valence-corrected chi connectivity index (χ4v) is 4.32. The Kier molecular flexibility index (Phi) is 5.50. The molecule has 2 aliphatic rings. The molecule has 1 saturated carbocycles. The molecule has 144 valence electrons. The molecule has 1 aromatic carbocycles. The third-order valence-electron chi connectivity index (χ3n) is 5.15. The molecule has 7 heteroatoms. The lowest BCUT2D eigenvalue weighted by atomic mass is 10.1. The van der Waals surface area contributed by atoms with E-state index in [4.69, 9.17) is 4.74 Å². The molecule has 0 spiro atoms. The molecule has 1 unspecified atom stereocenters. The second-order valence-corrected chi connectivity index (χ2v) is 8.47. The molecule has 0 radical (unpaired) electrons. The molecule has 1 atom stereocenters. The van der Waals surface area contributed by atoms with Crippen LogP contribution >= 0.6 is 11.8 Å². The van der Waals surface area contributed by atoms with Gasteiger partial charge in [0.2, 0.25) is 5.95 Å². The van der Waals surface area contributed by atoms with Crippen molar-refractivity contribution in [1.82, 2.24) is 14.8 Å². The van der Waals surface area contributed by atoms with Crippen LogP contribution in [0.4, 0.5) is 5.95 Å². The summed E-state index contributed by atoms with van der Waals surface area (Å²) < 4.78 is 7.69. The van der Waals surface area contributed by atoms with Crippen LogP contribution in [0.2, 0.25) is 0 Å². The number of rotatable bonds is 7. The van der Waals surface area contributed by atoms with Crippen molar-refractivity contribution in [1.29, 1.82) is 0 Å². The van der Waals surface area contributed by atoms with Gasteiger partial charge in [0.15, 0.2) is 10.9 Å². The highest BCUT2D eigenvalue weighted by atomic mass is 32.2. The van der Waals surface area contributed by atoms with Gasteiger partial charge in [0, 0.05) is 24.7 Å². The van der Waals surface area contributed by atoms with Crippen molar-refractivity contribution in [3.05, 3.63) is 35.4 Å². The van der Waals surface area contributed by atoms with Crippen LogP contribution in [-0.2, 0) is 11.2 Å². The number of carbonyl (C=O) groups is 1. The molecule has 0 bridgehead atoms. The summed E-state index contributed by atoms with van der Waals surface area (Å²) in [6.45, 7) is 7.21. The van der Waals surface area contributed by atoms with Crippen molar-refractivity contribution in [2.24, 2.45) is 0 Å². The maximum absolute atomic E-state index is 12.8. The Bertz CT molecular complexity index is 795. The quantitative estimate of drug-likeness (QED) is 0.537. The van der Waals surface area contributed by atoms with Gasteiger partial charge in [-0.3, -0.25) is 9.36 Å². The lowest BCUT2D eigenvalue weighted by Crippen LogP contribution is -2.38. The first-order valence-electron chi connectivity index (χ1n) is 9.74. The molecule has 2 aromatic rings. The normalized spacial score (nSPS) is 18.5. The molecular formula is C20H26N4O2S. The van der Waals surface area contributed by atoms with E-state index in [0.29, 0.717) is 6.04 Å². The first-order chi connectivity index (χ1) is 13.2. The van der Waals surface area contributed by atoms with E-state index in [9.17, 15) is 4.79 Å². The summed E-state index contributed by atoms with van der Waals surface area (Å²) in [5.41, 5.74) is 2.01. The number of morpholine rings is 1. The molecule has 0 N–H and O–H groups in total. The Morgan fingerprint density at radius 3 is 2.56 bits per heavy atom. The zero-order chi connectivity index (χ0) is 18.8. The Balaban J connectivity index is 1.51. The van der Waals surface area contributed by atoms with Gasteiger partial charge >= 0.3 is 0 Å². The minimum absolute atomic E-state index is 0.140. The number of aryl methyl sites for hydroxylation is 1. The molecule has 0 amide bonds. The topological polar surface area (TPSA) is 60.3 Å². The smallest absolute Gasteiger partial charge is 0.228 e. The highest BCUT2D eigenvalue weighted by Crippen LogP contribution is 2.42. The van der Waals surface area contributed by atoms with E-state index in [1.54, 1.807) is 0 Å².